The molecule has 0 atom stereocenters. The Balaban J connectivity index is 1.65. The van der Waals surface area contributed by atoms with Gasteiger partial charge >= 0.3 is 0 Å². The summed E-state index contributed by atoms with van der Waals surface area (Å²) in [6.07, 6.45) is 11.4. The molecule has 0 amide bonds. The predicted molar refractivity (Wildman–Crippen MR) is 85.9 cm³/mol. The first-order chi connectivity index (χ1) is 9.74. The molecule has 1 fully saturated rings. The molecule has 0 aromatic rings. The van der Waals surface area contributed by atoms with Crippen LogP contribution in [0.25, 0.3) is 0 Å². The van der Waals surface area contributed by atoms with Crippen LogP contribution in [0.4, 0.5) is 0 Å². The highest BCUT2D eigenvalue weighted by Gasteiger charge is 2.12. The van der Waals surface area contributed by atoms with Crippen LogP contribution in [0, 0.1) is 0 Å². The average molecular weight is 278 g/mol. The molecule has 0 aromatic heterocycles. The molecule has 20 heavy (non-hydrogen) atoms. The fraction of sp³-hybridized carbons (Fsp3) is 0.812. The molecule has 1 heterocycles. The van der Waals surface area contributed by atoms with E-state index in [4.69, 9.17) is 5.73 Å². The normalized spacial score (nSPS) is 23.2. The summed E-state index contributed by atoms with van der Waals surface area (Å²) >= 11 is 0. The molecule has 1 aliphatic heterocycles. The minimum atomic E-state index is 0.543. The summed E-state index contributed by atoms with van der Waals surface area (Å²) < 4.78 is 0. The lowest BCUT2D eigenvalue weighted by Gasteiger charge is -2.24. The minimum absolute atomic E-state index is 0.543. The highest BCUT2D eigenvalue weighted by atomic mass is 15.2. The first kappa shape index (κ1) is 15.4. The molecule has 2 aliphatic rings. The van der Waals surface area contributed by atoms with Crippen molar-refractivity contribution in [3.8, 4) is 0 Å². The van der Waals surface area contributed by atoms with Gasteiger partial charge < -0.3 is 11.1 Å². The van der Waals surface area contributed by atoms with Crippen LogP contribution in [0.1, 0.15) is 51.9 Å². The third kappa shape index (κ3) is 5.53. The van der Waals surface area contributed by atoms with Gasteiger partial charge in [0.05, 0.1) is 6.54 Å². The molecular weight excluding hydrogens is 248 g/mol. The number of aliphatic imine (C=N–C) groups is 1. The van der Waals surface area contributed by atoms with Crippen molar-refractivity contribution in [3.05, 3.63) is 11.6 Å². The van der Waals surface area contributed by atoms with Crippen LogP contribution in [-0.2, 0) is 0 Å². The molecule has 0 saturated heterocycles. The molecule has 4 nitrogen and oxygen atoms in total. The minimum Gasteiger partial charge on any atom is -0.370 e. The lowest BCUT2D eigenvalue weighted by molar-refractivity contribution is 0.302. The van der Waals surface area contributed by atoms with E-state index in [1.165, 1.54) is 50.5 Å². The smallest absolute Gasteiger partial charge is 0.188 e. The number of rotatable bonds is 4. The van der Waals surface area contributed by atoms with E-state index < -0.39 is 0 Å². The van der Waals surface area contributed by atoms with Gasteiger partial charge in [-0.15, -0.1) is 0 Å². The number of nitrogens with zero attached hydrogens (tertiary/aromatic N) is 2. The van der Waals surface area contributed by atoms with Gasteiger partial charge in [0.1, 0.15) is 0 Å². The number of nitrogens with two attached hydrogens (primary N) is 1. The van der Waals surface area contributed by atoms with Gasteiger partial charge in [-0.3, -0.25) is 9.89 Å². The lowest BCUT2D eigenvalue weighted by Crippen LogP contribution is -2.40. The molecule has 1 aliphatic carbocycles. The number of guanidine groups is 1. The fourth-order valence-corrected chi connectivity index (χ4v) is 3.01. The Labute approximate surface area is 123 Å². The summed E-state index contributed by atoms with van der Waals surface area (Å²) in [7, 11) is 0. The maximum Gasteiger partial charge on any atom is 0.188 e. The zero-order chi connectivity index (χ0) is 14.2. The molecule has 0 spiro atoms. The van der Waals surface area contributed by atoms with E-state index in [0.717, 1.165) is 26.2 Å². The van der Waals surface area contributed by atoms with Gasteiger partial charge in [-0.1, -0.05) is 37.3 Å². The Morgan fingerprint density at radius 1 is 1.35 bits per heavy atom. The van der Waals surface area contributed by atoms with Gasteiger partial charge in [-0.2, -0.15) is 0 Å². The van der Waals surface area contributed by atoms with Crippen LogP contribution in [0.15, 0.2) is 16.6 Å². The largest absolute Gasteiger partial charge is 0.370 e. The summed E-state index contributed by atoms with van der Waals surface area (Å²) in [6, 6.07) is 0.543. The van der Waals surface area contributed by atoms with Crippen molar-refractivity contribution in [3.63, 3.8) is 0 Å². The number of hydrogen-bond acceptors (Lipinski definition) is 2. The molecular formula is C16H30N4. The van der Waals surface area contributed by atoms with E-state index in [1.54, 1.807) is 0 Å². The van der Waals surface area contributed by atoms with E-state index in [9.17, 15) is 0 Å². The van der Waals surface area contributed by atoms with Gasteiger partial charge in [-0.05, 0) is 26.2 Å². The van der Waals surface area contributed by atoms with Crippen molar-refractivity contribution in [1.29, 1.82) is 0 Å². The van der Waals surface area contributed by atoms with Crippen LogP contribution < -0.4 is 11.1 Å². The van der Waals surface area contributed by atoms with Crippen molar-refractivity contribution in [1.82, 2.24) is 10.2 Å². The quantitative estimate of drug-likeness (QED) is 0.359. The van der Waals surface area contributed by atoms with Crippen LogP contribution >= 0.6 is 0 Å². The Hall–Kier alpha value is -1.03. The van der Waals surface area contributed by atoms with E-state index in [0.29, 0.717) is 12.0 Å². The number of hydrogen-bond donors (Lipinski definition) is 2. The highest BCUT2D eigenvalue weighted by molar-refractivity contribution is 5.78. The van der Waals surface area contributed by atoms with Crippen molar-refractivity contribution >= 4 is 5.96 Å². The molecule has 1 saturated carbocycles. The molecule has 4 heteroatoms. The zero-order valence-corrected chi connectivity index (χ0v) is 12.9. The fourth-order valence-electron chi connectivity index (χ4n) is 3.01. The second-order valence-electron chi connectivity index (χ2n) is 6.20. The predicted octanol–water partition coefficient (Wildman–Crippen LogP) is 2.27. The standard InChI is InChI=1S/C16H30N4/c1-14-8-11-20(12-9-14)13-10-18-16(17)19-15-6-4-2-3-5-7-15/h8,15H,2-7,9-13H2,1H3,(H3,17,18,19). The van der Waals surface area contributed by atoms with Gasteiger partial charge in [0.25, 0.3) is 0 Å². The Morgan fingerprint density at radius 2 is 2.10 bits per heavy atom. The SMILES string of the molecule is CC1=CCN(CCN=C(N)NC2CCCCCC2)CC1. The van der Waals surface area contributed by atoms with Gasteiger partial charge in [0, 0.05) is 25.7 Å². The van der Waals surface area contributed by atoms with Crippen molar-refractivity contribution in [2.45, 2.75) is 57.9 Å². The summed E-state index contributed by atoms with van der Waals surface area (Å²) in [5, 5.41) is 3.40. The van der Waals surface area contributed by atoms with Gasteiger partial charge in [0.2, 0.25) is 0 Å². The molecule has 114 valence electrons. The zero-order valence-electron chi connectivity index (χ0n) is 12.9. The second kappa shape index (κ2) is 8.30. The highest BCUT2D eigenvalue weighted by Crippen LogP contribution is 2.16. The molecule has 2 rings (SSSR count). The maximum absolute atomic E-state index is 6.00. The van der Waals surface area contributed by atoms with Gasteiger partial charge in [0.15, 0.2) is 5.96 Å². The van der Waals surface area contributed by atoms with Gasteiger partial charge in [-0.25, -0.2) is 0 Å². The first-order valence-electron chi connectivity index (χ1n) is 8.18. The number of nitrogens with one attached hydrogen (secondary N) is 1. The summed E-state index contributed by atoms with van der Waals surface area (Å²) in [5.74, 6) is 0.639. The van der Waals surface area contributed by atoms with Crippen molar-refractivity contribution in [2.24, 2.45) is 10.7 Å². The maximum atomic E-state index is 6.00. The third-order valence-electron chi connectivity index (χ3n) is 4.43. The van der Waals surface area contributed by atoms with E-state index >= 15 is 0 Å². The summed E-state index contributed by atoms with van der Waals surface area (Å²) in [4.78, 5) is 6.92. The average Bonchev–Trinajstić information content (AvgIpc) is 2.70. The Bertz CT molecular complexity index is 340. The first-order valence-corrected chi connectivity index (χ1v) is 8.18. The monoisotopic (exact) mass is 278 g/mol. The molecule has 0 bridgehead atoms. The van der Waals surface area contributed by atoms with Crippen LogP contribution in [-0.4, -0.2) is 43.1 Å². The summed E-state index contributed by atoms with van der Waals surface area (Å²) in [6.45, 7) is 6.25. The van der Waals surface area contributed by atoms with Crippen LogP contribution in [0.2, 0.25) is 0 Å². The van der Waals surface area contributed by atoms with E-state index in [-0.39, 0.29) is 0 Å². The third-order valence-corrected chi connectivity index (χ3v) is 4.43. The lowest BCUT2D eigenvalue weighted by atomic mass is 10.1. The van der Waals surface area contributed by atoms with Crippen molar-refractivity contribution < 1.29 is 0 Å². The van der Waals surface area contributed by atoms with Crippen LogP contribution in [0.5, 0.6) is 0 Å². The van der Waals surface area contributed by atoms with E-state index in [2.05, 4.69) is 28.2 Å². The topological polar surface area (TPSA) is 53.6 Å². The molecule has 0 aromatic carbocycles. The molecule has 3 N–H and O–H groups in total. The molecule has 0 unspecified atom stereocenters. The Kier molecular flexibility index (Phi) is 6.37. The summed E-state index contributed by atoms with van der Waals surface area (Å²) in [5.41, 5.74) is 7.51. The molecule has 0 radical (unpaired) electrons. The van der Waals surface area contributed by atoms with E-state index in [1.807, 2.05) is 0 Å². The van der Waals surface area contributed by atoms with Crippen LogP contribution in [0.3, 0.4) is 0 Å². The second-order valence-corrected chi connectivity index (χ2v) is 6.20. The Morgan fingerprint density at radius 3 is 2.75 bits per heavy atom. The van der Waals surface area contributed by atoms with Crippen molar-refractivity contribution in [2.75, 3.05) is 26.2 Å².